The summed E-state index contributed by atoms with van der Waals surface area (Å²) in [5, 5.41) is 12.2. The minimum Gasteiger partial charge on any atom is -0.395 e. The minimum absolute atomic E-state index is 0.207. The summed E-state index contributed by atoms with van der Waals surface area (Å²) in [5.74, 6) is 1.04. The number of aliphatic hydroxyl groups excluding tert-OH is 1. The lowest BCUT2D eigenvalue weighted by molar-refractivity contribution is 0.277. The maximum absolute atomic E-state index is 8.86. The lowest BCUT2D eigenvalue weighted by atomic mass is 10.0. The van der Waals surface area contributed by atoms with Gasteiger partial charge in [-0.2, -0.15) is 0 Å². The Labute approximate surface area is 131 Å². The quantitative estimate of drug-likeness (QED) is 0.879. The third-order valence-corrected chi connectivity index (χ3v) is 4.13. The smallest absolute Gasteiger partial charge is 0.128 e. The molecule has 0 bridgehead atoms. The van der Waals surface area contributed by atoms with Gasteiger partial charge in [0.1, 0.15) is 5.82 Å². The predicted octanol–water partition coefficient (Wildman–Crippen LogP) is 1.69. The molecule has 0 unspecified atom stereocenters. The third kappa shape index (κ3) is 3.61. The average Bonchev–Trinajstić information content (AvgIpc) is 2.61. The van der Waals surface area contributed by atoms with Gasteiger partial charge in [-0.1, -0.05) is 0 Å². The summed E-state index contributed by atoms with van der Waals surface area (Å²) in [6.45, 7) is 2.90. The number of nitrogens with zero attached hydrogens (tertiary/aromatic N) is 3. The van der Waals surface area contributed by atoms with Gasteiger partial charge in [-0.3, -0.25) is 4.98 Å². The highest BCUT2D eigenvalue weighted by Crippen LogP contribution is 2.22. The maximum atomic E-state index is 8.86. The van der Waals surface area contributed by atoms with Crippen LogP contribution in [0.5, 0.6) is 0 Å². The number of rotatable bonds is 5. The van der Waals surface area contributed by atoms with Crippen LogP contribution in [0.4, 0.5) is 5.82 Å². The fourth-order valence-electron chi connectivity index (χ4n) is 2.87. The van der Waals surface area contributed by atoms with Crippen molar-refractivity contribution in [3.05, 3.63) is 42.9 Å². The number of hydrogen-bond acceptors (Lipinski definition) is 5. The van der Waals surface area contributed by atoms with E-state index >= 15 is 0 Å². The summed E-state index contributed by atoms with van der Waals surface area (Å²) in [5.41, 5.74) is 2.26. The number of piperidine rings is 1. The second-order valence-corrected chi connectivity index (χ2v) is 5.58. The summed E-state index contributed by atoms with van der Waals surface area (Å²) in [6, 6.07) is 8.72. The van der Waals surface area contributed by atoms with Crippen LogP contribution >= 0.6 is 0 Å². The van der Waals surface area contributed by atoms with E-state index in [0.717, 1.165) is 42.9 Å². The second-order valence-electron chi connectivity index (χ2n) is 5.58. The zero-order valence-electron chi connectivity index (χ0n) is 12.7. The van der Waals surface area contributed by atoms with Gasteiger partial charge in [0.2, 0.25) is 0 Å². The molecule has 0 atom stereocenters. The molecule has 1 saturated heterocycles. The zero-order valence-corrected chi connectivity index (χ0v) is 12.7. The fourth-order valence-corrected chi connectivity index (χ4v) is 2.87. The van der Waals surface area contributed by atoms with Gasteiger partial charge in [0.05, 0.1) is 6.61 Å². The Morgan fingerprint density at radius 2 is 1.86 bits per heavy atom. The molecule has 2 N–H and O–H groups in total. The van der Waals surface area contributed by atoms with E-state index in [-0.39, 0.29) is 6.61 Å². The first-order chi connectivity index (χ1) is 10.9. The van der Waals surface area contributed by atoms with Crippen molar-refractivity contribution in [1.82, 2.24) is 15.3 Å². The van der Waals surface area contributed by atoms with Crippen molar-refractivity contribution in [2.75, 3.05) is 31.1 Å². The Morgan fingerprint density at radius 1 is 1.09 bits per heavy atom. The number of aromatic nitrogens is 2. The molecule has 116 valence electrons. The van der Waals surface area contributed by atoms with Crippen molar-refractivity contribution >= 4 is 5.82 Å². The molecule has 2 aromatic rings. The molecule has 22 heavy (non-hydrogen) atoms. The fraction of sp³-hybridized carbons (Fsp3) is 0.412. The topological polar surface area (TPSA) is 61.3 Å². The van der Waals surface area contributed by atoms with E-state index < -0.39 is 0 Å². The summed E-state index contributed by atoms with van der Waals surface area (Å²) in [6.07, 6.45) is 7.71. The van der Waals surface area contributed by atoms with Gasteiger partial charge >= 0.3 is 0 Å². The first-order valence-corrected chi connectivity index (χ1v) is 7.82. The number of anilines is 1. The standard InChI is InChI=1S/C17H22N4O/c22-12-9-19-16-5-10-21(11-6-16)17-2-1-15(13-20-17)14-3-7-18-8-4-14/h1-4,7-8,13,16,19,22H,5-6,9-12H2. The second kappa shape index (κ2) is 7.33. The Balaban J connectivity index is 1.60. The van der Waals surface area contributed by atoms with Crippen molar-refractivity contribution < 1.29 is 5.11 Å². The summed E-state index contributed by atoms with van der Waals surface area (Å²) in [7, 11) is 0. The first-order valence-electron chi connectivity index (χ1n) is 7.82. The van der Waals surface area contributed by atoms with Crippen LogP contribution in [0.2, 0.25) is 0 Å². The molecule has 5 nitrogen and oxygen atoms in total. The molecule has 1 fully saturated rings. The third-order valence-electron chi connectivity index (χ3n) is 4.13. The Bertz CT molecular complexity index is 565. The molecule has 1 aliphatic heterocycles. The van der Waals surface area contributed by atoms with Gasteiger partial charge in [-0.15, -0.1) is 0 Å². The molecule has 5 heteroatoms. The number of nitrogens with one attached hydrogen (secondary N) is 1. The van der Waals surface area contributed by atoms with Crippen molar-refractivity contribution in [2.45, 2.75) is 18.9 Å². The van der Waals surface area contributed by atoms with E-state index in [1.54, 1.807) is 12.4 Å². The van der Waals surface area contributed by atoms with Crippen LogP contribution in [0.25, 0.3) is 11.1 Å². The normalized spacial score (nSPS) is 16.0. The van der Waals surface area contributed by atoms with E-state index in [1.165, 1.54) is 0 Å². The summed E-state index contributed by atoms with van der Waals surface area (Å²) < 4.78 is 0. The summed E-state index contributed by atoms with van der Waals surface area (Å²) in [4.78, 5) is 11.0. The van der Waals surface area contributed by atoms with Crippen LogP contribution in [0, 0.1) is 0 Å². The Morgan fingerprint density at radius 3 is 2.50 bits per heavy atom. The van der Waals surface area contributed by atoms with Crippen LogP contribution in [-0.4, -0.2) is 47.4 Å². The average molecular weight is 298 g/mol. The lowest BCUT2D eigenvalue weighted by Crippen LogP contribution is -2.43. The highest BCUT2D eigenvalue weighted by Gasteiger charge is 2.19. The Hall–Kier alpha value is -1.98. The van der Waals surface area contributed by atoms with Gasteiger partial charge in [0.15, 0.2) is 0 Å². The number of aliphatic hydroxyl groups is 1. The van der Waals surface area contributed by atoms with Gasteiger partial charge in [-0.25, -0.2) is 4.98 Å². The monoisotopic (exact) mass is 298 g/mol. The molecule has 1 aliphatic rings. The highest BCUT2D eigenvalue weighted by molar-refractivity contribution is 5.63. The molecular weight excluding hydrogens is 276 g/mol. The van der Waals surface area contributed by atoms with Crippen LogP contribution < -0.4 is 10.2 Å². The van der Waals surface area contributed by atoms with E-state index in [9.17, 15) is 0 Å². The largest absolute Gasteiger partial charge is 0.395 e. The molecule has 0 aliphatic carbocycles. The molecule has 0 radical (unpaired) electrons. The van der Waals surface area contributed by atoms with Crippen molar-refractivity contribution in [3.8, 4) is 11.1 Å². The zero-order chi connectivity index (χ0) is 15.2. The van der Waals surface area contributed by atoms with Crippen molar-refractivity contribution in [1.29, 1.82) is 0 Å². The van der Waals surface area contributed by atoms with Crippen molar-refractivity contribution in [2.24, 2.45) is 0 Å². The van der Waals surface area contributed by atoms with E-state index in [1.807, 2.05) is 18.3 Å². The lowest BCUT2D eigenvalue weighted by Gasteiger charge is -2.33. The maximum Gasteiger partial charge on any atom is 0.128 e. The van der Waals surface area contributed by atoms with E-state index in [2.05, 4.69) is 32.3 Å². The van der Waals surface area contributed by atoms with Gasteiger partial charge in [0.25, 0.3) is 0 Å². The number of pyridine rings is 2. The molecule has 0 amide bonds. The number of hydrogen-bond donors (Lipinski definition) is 2. The van der Waals surface area contributed by atoms with E-state index in [4.69, 9.17) is 5.11 Å². The summed E-state index contributed by atoms with van der Waals surface area (Å²) >= 11 is 0. The molecule has 0 spiro atoms. The predicted molar refractivity (Wildman–Crippen MR) is 87.8 cm³/mol. The SMILES string of the molecule is OCCNC1CCN(c2ccc(-c3ccncc3)cn2)CC1. The van der Waals surface area contributed by atoms with Crippen LogP contribution in [-0.2, 0) is 0 Å². The van der Waals surface area contributed by atoms with Crippen LogP contribution in [0.1, 0.15) is 12.8 Å². The van der Waals surface area contributed by atoms with E-state index in [0.29, 0.717) is 12.6 Å². The van der Waals surface area contributed by atoms with Crippen LogP contribution in [0.15, 0.2) is 42.9 Å². The molecule has 3 rings (SSSR count). The molecule has 3 heterocycles. The molecule has 0 aromatic carbocycles. The highest BCUT2D eigenvalue weighted by atomic mass is 16.3. The Kier molecular flexibility index (Phi) is 4.98. The van der Waals surface area contributed by atoms with Crippen molar-refractivity contribution in [3.63, 3.8) is 0 Å². The molecule has 0 saturated carbocycles. The van der Waals surface area contributed by atoms with Gasteiger partial charge < -0.3 is 15.3 Å². The first kappa shape index (κ1) is 14.9. The molecule has 2 aromatic heterocycles. The van der Waals surface area contributed by atoms with Crippen LogP contribution in [0.3, 0.4) is 0 Å². The van der Waals surface area contributed by atoms with Gasteiger partial charge in [-0.05, 0) is 42.7 Å². The molecular formula is C17H22N4O. The minimum atomic E-state index is 0.207. The van der Waals surface area contributed by atoms with Gasteiger partial charge in [0, 0.05) is 49.8 Å².